The summed E-state index contributed by atoms with van der Waals surface area (Å²) in [6.07, 6.45) is 0. The molecule has 4 rings (SSSR count). The summed E-state index contributed by atoms with van der Waals surface area (Å²) < 4.78 is 12.5. The summed E-state index contributed by atoms with van der Waals surface area (Å²) in [5, 5.41) is 15.1. The molecule has 27 heavy (non-hydrogen) atoms. The maximum absolute atomic E-state index is 6.02. The average molecular weight is 401 g/mol. The second-order valence-corrected chi connectivity index (χ2v) is 7.68. The van der Waals surface area contributed by atoms with Crippen LogP contribution in [0.2, 0.25) is 5.02 Å². The van der Waals surface area contributed by atoms with Gasteiger partial charge in [0.05, 0.1) is 25.2 Å². The molecule has 0 saturated carbocycles. The Hall–Kier alpha value is -2.51. The molecule has 0 spiro atoms. The Kier molecular flexibility index (Phi) is 4.80. The highest BCUT2D eigenvalue weighted by Gasteiger charge is 2.26. The van der Waals surface area contributed by atoms with E-state index in [1.807, 2.05) is 42.5 Å². The van der Waals surface area contributed by atoms with Gasteiger partial charge in [0.2, 0.25) is 5.16 Å². The molecule has 0 amide bonds. The molecule has 3 aromatic rings. The van der Waals surface area contributed by atoms with Crippen molar-refractivity contribution in [3.63, 3.8) is 0 Å². The zero-order valence-corrected chi connectivity index (χ0v) is 16.6. The van der Waals surface area contributed by atoms with Gasteiger partial charge in [-0.25, -0.2) is 0 Å². The highest BCUT2D eigenvalue weighted by Crippen LogP contribution is 2.36. The van der Waals surface area contributed by atoms with Gasteiger partial charge in [-0.2, -0.15) is 9.78 Å². The van der Waals surface area contributed by atoms with Gasteiger partial charge in [0, 0.05) is 10.6 Å². The highest BCUT2D eigenvalue weighted by molar-refractivity contribution is 8.00. The number of benzene rings is 2. The van der Waals surface area contributed by atoms with Gasteiger partial charge in [-0.1, -0.05) is 35.5 Å². The Labute approximate surface area is 166 Å². The number of methoxy groups -OCH3 is 2. The number of hydrogen-bond donors (Lipinski definition) is 0. The zero-order chi connectivity index (χ0) is 19.0. The van der Waals surface area contributed by atoms with Crippen molar-refractivity contribution < 1.29 is 9.47 Å². The normalized spacial score (nSPS) is 15.9. The lowest BCUT2D eigenvalue weighted by Crippen LogP contribution is -2.21. The second kappa shape index (κ2) is 7.25. The van der Waals surface area contributed by atoms with Crippen LogP contribution < -0.4 is 9.47 Å². The molecular formula is C19H17ClN4O2S. The number of thioether (sulfide) groups is 1. The van der Waals surface area contributed by atoms with Gasteiger partial charge < -0.3 is 9.47 Å². The zero-order valence-electron chi connectivity index (χ0n) is 15.0. The summed E-state index contributed by atoms with van der Waals surface area (Å²) in [6.45, 7) is 2.10. The molecular weight excluding hydrogens is 384 g/mol. The minimum absolute atomic E-state index is 0.154. The molecule has 2 heterocycles. The Morgan fingerprint density at radius 3 is 2.37 bits per heavy atom. The minimum atomic E-state index is 0.154. The lowest BCUT2D eigenvalue weighted by molar-refractivity contribution is 0.355. The van der Waals surface area contributed by atoms with Gasteiger partial charge in [-0.3, -0.25) is 0 Å². The van der Waals surface area contributed by atoms with Gasteiger partial charge >= 0.3 is 0 Å². The summed E-state index contributed by atoms with van der Waals surface area (Å²) in [4.78, 5) is 0. The molecule has 1 atom stereocenters. The number of aromatic nitrogens is 3. The van der Waals surface area contributed by atoms with E-state index < -0.39 is 0 Å². The lowest BCUT2D eigenvalue weighted by atomic mass is 10.1. The van der Waals surface area contributed by atoms with Crippen LogP contribution in [-0.4, -0.2) is 40.1 Å². The second-order valence-electron chi connectivity index (χ2n) is 5.94. The van der Waals surface area contributed by atoms with Crippen LogP contribution >= 0.6 is 23.4 Å². The predicted molar refractivity (Wildman–Crippen MR) is 107 cm³/mol. The molecule has 1 aromatic heterocycles. The van der Waals surface area contributed by atoms with Gasteiger partial charge in [-0.15, -0.1) is 10.2 Å². The highest BCUT2D eigenvalue weighted by atomic mass is 35.5. The van der Waals surface area contributed by atoms with Crippen LogP contribution in [-0.2, 0) is 0 Å². The third-order valence-corrected chi connectivity index (χ3v) is 5.56. The first kappa shape index (κ1) is 17.9. The predicted octanol–water partition coefficient (Wildman–Crippen LogP) is 4.36. The summed E-state index contributed by atoms with van der Waals surface area (Å²) in [7, 11) is 3.21. The van der Waals surface area contributed by atoms with Crippen molar-refractivity contribution >= 4 is 29.1 Å². The maximum Gasteiger partial charge on any atom is 0.213 e. The summed E-state index contributed by atoms with van der Waals surface area (Å²) in [5.74, 6) is 1.94. The quantitative estimate of drug-likeness (QED) is 0.651. The van der Waals surface area contributed by atoms with Gasteiger partial charge in [-0.05, 0) is 42.8 Å². The van der Waals surface area contributed by atoms with E-state index in [1.54, 1.807) is 30.7 Å². The average Bonchev–Trinajstić information content (AvgIpc) is 3.10. The van der Waals surface area contributed by atoms with E-state index in [0.717, 1.165) is 22.0 Å². The van der Waals surface area contributed by atoms with Crippen molar-refractivity contribution in [1.82, 2.24) is 14.9 Å². The number of halogens is 1. The molecule has 8 heteroatoms. The Balaban J connectivity index is 1.80. The van der Waals surface area contributed by atoms with Crippen LogP contribution in [0.3, 0.4) is 0 Å². The van der Waals surface area contributed by atoms with Crippen LogP contribution in [0.1, 0.15) is 12.5 Å². The molecule has 6 nitrogen and oxygen atoms in total. The maximum atomic E-state index is 6.02. The molecule has 0 radical (unpaired) electrons. The monoisotopic (exact) mass is 400 g/mol. The van der Waals surface area contributed by atoms with Gasteiger partial charge in [0.25, 0.3) is 0 Å². The molecule has 1 aliphatic rings. The van der Waals surface area contributed by atoms with Crippen molar-refractivity contribution in [3.8, 4) is 22.9 Å². The van der Waals surface area contributed by atoms with E-state index in [0.29, 0.717) is 22.3 Å². The molecule has 138 valence electrons. The fraction of sp³-hybridized carbons (Fsp3) is 0.211. The third-order valence-electron chi connectivity index (χ3n) is 4.27. The molecule has 2 aromatic carbocycles. The van der Waals surface area contributed by atoms with Crippen LogP contribution in [0.25, 0.3) is 11.4 Å². The molecule has 1 aliphatic heterocycles. The van der Waals surface area contributed by atoms with Crippen molar-refractivity contribution in [1.29, 1.82) is 0 Å². The van der Waals surface area contributed by atoms with E-state index in [-0.39, 0.29) is 5.25 Å². The molecule has 0 unspecified atom stereocenters. The fourth-order valence-electron chi connectivity index (χ4n) is 2.90. The van der Waals surface area contributed by atoms with Crippen LogP contribution in [0.15, 0.2) is 52.7 Å². The van der Waals surface area contributed by atoms with E-state index in [9.17, 15) is 0 Å². The number of rotatable bonds is 4. The Morgan fingerprint density at radius 2 is 1.67 bits per heavy atom. The van der Waals surface area contributed by atoms with Crippen molar-refractivity contribution in [3.05, 3.63) is 53.1 Å². The SMILES string of the molecule is COc1ccc(-c2nnc3n2N=C(c2ccc(Cl)cc2)[C@H](C)S3)cc1OC. The van der Waals surface area contributed by atoms with Gasteiger partial charge in [0.15, 0.2) is 17.3 Å². The first-order chi connectivity index (χ1) is 13.1. The number of hydrogen-bond acceptors (Lipinski definition) is 6. The number of fused-ring (bicyclic) bond motifs is 1. The van der Waals surface area contributed by atoms with E-state index >= 15 is 0 Å². The fourth-order valence-corrected chi connectivity index (χ4v) is 3.95. The molecule has 0 saturated heterocycles. The van der Waals surface area contributed by atoms with Crippen molar-refractivity contribution in [2.75, 3.05) is 14.2 Å². The summed E-state index contributed by atoms with van der Waals surface area (Å²) in [5.41, 5.74) is 2.82. The van der Waals surface area contributed by atoms with Crippen LogP contribution in [0.4, 0.5) is 0 Å². The van der Waals surface area contributed by atoms with Gasteiger partial charge in [0.1, 0.15) is 0 Å². The molecule has 0 fully saturated rings. The first-order valence-electron chi connectivity index (χ1n) is 8.30. The van der Waals surface area contributed by atoms with E-state index in [1.165, 1.54) is 0 Å². The van der Waals surface area contributed by atoms with Crippen LogP contribution in [0.5, 0.6) is 11.5 Å². The lowest BCUT2D eigenvalue weighted by Gasteiger charge is -2.20. The molecule has 0 aliphatic carbocycles. The first-order valence-corrected chi connectivity index (χ1v) is 9.55. The standard InChI is InChI=1S/C19H17ClN4O2S/c1-11-17(12-4-7-14(20)8-5-12)23-24-18(21-22-19(24)27-11)13-6-9-15(25-2)16(10-13)26-3/h4-11H,1-3H3/t11-/m0/s1. The van der Waals surface area contributed by atoms with E-state index in [4.69, 9.17) is 26.2 Å². The smallest absolute Gasteiger partial charge is 0.213 e. The Morgan fingerprint density at radius 1 is 0.963 bits per heavy atom. The topological polar surface area (TPSA) is 61.5 Å². The number of ether oxygens (including phenoxy) is 2. The number of nitrogens with zero attached hydrogens (tertiary/aromatic N) is 4. The third kappa shape index (κ3) is 3.28. The largest absolute Gasteiger partial charge is 0.493 e. The van der Waals surface area contributed by atoms with Crippen molar-refractivity contribution in [2.24, 2.45) is 5.10 Å². The van der Waals surface area contributed by atoms with Crippen molar-refractivity contribution in [2.45, 2.75) is 17.3 Å². The summed E-state index contributed by atoms with van der Waals surface area (Å²) >= 11 is 7.64. The molecule has 0 bridgehead atoms. The van der Waals surface area contributed by atoms with E-state index in [2.05, 4.69) is 17.1 Å². The Bertz CT molecular complexity index is 1020. The minimum Gasteiger partial charge on any atom is -0.493 e. The van der Waals surface area contributed by atoms with Crippen LogP contribution in [0, 0.1) is 0 Å². The summed E-state index contributed by atoms with van der Waals surface area (Å²) in [6, 6.07) is 13.3. The molecule has 0 N–H and O–H groups in total.